The highest BCUT2D eigenvalue weighted by atomic mass is 16.2. The summed E-state index contributed by atoms with van der Waals surface area (Å²) in [5, 5.41) is 3.53. The largest absolute Gasteiger partial charge is 0.325 e. The van der Waals surface area contributed by atoms with E-state index in [-0.39, 0.29) is 18.1 Å². The van der Waals surface area contributed by atoms with Crippen molar-refractivity contribution in [1.82, 2.24) is 10.2 Å². The van der Waals surface area contributed by atoms with Gasteiger partial charge in [-0.2, -0.15) is 0 Å². The van der Waals surface area contributed by atoms with E-state index < -0.39 is 0 Å². The summed E-state index contributed by atoms with van der Waals surface area (Å²) >= 11 is 0. The Morgan fingerprint density at radius 3 is 2.48 bits per heavy atom. The normalized spacial score (nSPS) is 22.0. The molecule has 1 saturated heterocycles. The first-order valence-corrected chi connectivity index (χ1v) is 8.39. The third-order valence-corrected chi connectivity index (χ3v) is 4.21. The average molecular weight is 288 g/mol. The zero-order valence-electron chi connectivity index (χ0n) is 13.3. The third-order valence-electron chi connectivity index (χ3n) is 4.21. The van der Waals surface area contributed by atoms with Gasteiger partial charge < -0.3 is 4.90 Å². The highest BCUT2D eigenvalue weighted by Gasteiger charge is 2.38. The van der Waals surface area contributed by atoms with Gasteiger partial charge in [0.1, 0.15) is 6.04 Å². The molecule has 1 aromatic carbocycles. The van der Waals surface area contributed by atoms with E-state index in [4.69, 9.17) is 0 Å². The standard InChI is InChI=1S/C18H28N2O/c1-3-5-6-10-14-20-16(11-4-2)19-17(18(20)21)15-12-8-7-9-13-15/h7-9,12-13,16-17,19H,3-6,10-11,14H2,1-2H3. The van der Waals surface area contributed by atoms with E-state index in [1.54, 1.807) is 0 Å². The van der Waals surface area contributed by atoms with Crippen LogP contribution in [0.4, 0.5) is 0 Å². The predicted octanol–water partition coefficient (Wildman–Crippen LogP) is 3.87. The fourth-order valence-electron chi connectivity index (χ4n) is 3.04. The number of unbranched alkanes of at least 4 members (excludes halogenated alkanes) is 3. The second-order valence-corrected chi connectivity index (χ2v) is 5.91. The Morgan fingerprint density at radius 2 is 1.81 bits per heavy atom. The van der Waals surface area contributed by atoms with E-state index in [1.165, 1.54) is 19.3 Å². The van der Waals surface area contributed by atoms with Crippen molar-refractivity contribution >= 4 is 5.91 Å². The molecule has 0 bridgehead atoms. The summed E-state index contributed by atoms with van der Waals surface area (Å²) < 4.78 is 0. The zero-order chi connectivity index (χ0) is 15.1. The van der Waals surface area contributed by atoms with Crippen molar-refractivity contribution in [2.45, 2.75) is 64.6 Å². The first-order valence-electron chi connectivity index (χ1n) is 8.39. The van der Waals surface area contributed by atoms with Gasteiger partial charge in [-0.15, -0.1) is 0 Å². The highest BCUT2D eigenvalue weighted by molar-refractivity contribution is 5.85. The maximum atomic E-state index is 12.7. The summed E-state index contributed by atoms with van der Waals surface area (Å²) in [7, 11) is 0. The first kappa shape index (κ1) is 16.0. The maximum Gasteiger partial charge on any atom is 0.245 e. The van der Waals surface area contributed by atoms with E-state index in [0.717, 1.165) is 31.4 Å². The van der Waals surface area contributed by atoms with Crippen molar-refractivity contribution in [2.75, 3.05) is 6.54 Å². The second kappa shape index (κ2) is 8.18. The summed E-state index contributed by atoms with van der Waals surface area (Å²) in [6.07, 6.45) is 7.15. The van der Waals surface area contributed by atoms with Crippen molar-refractivity contribution in [2.24, 2.45) is 0 Å². The first-order chi connectivity index (χ1) is 10.3. The zero-order valence-corrected chi connectivity index (χ0v) is 13.3. The summed E-state index contributed by atoms with van der Waals surface area (Å²) in [4.78, 5) is 14.8. The summed E-state index contributed by atoms with van der Waals surface area (Å²) in [6, 6.07) is 9.92. The molecule has 1 aromatic rings. The molecule has 2 rings (SSSR count). The fraction of sp³-hybridized carbons (Fsp3) is 0.611. The SMILES string of the molecule is CCCCCCN1C(=O)C(c2ccccc2)NC1CCC. The molecule has 1 N–H and O–H groups in total. The minimum Gasteiger partial charge on any atom is -0.325 e. The number of hydrogen-bond donors (Lipinski definition) is 1. The number of rotatable bonds is 8. The van der Waals surface area contributed by atoms with Gasteiger partial charge in [-0.05, 0) is 18.4 Å². The van der Waals surface area contributed by atoms with Crippen LogP contribution in [0.3, 0.4) is 0 Å². The van der Waals surface area contributed by atoms with Gasteiger partial charge in [0.2, 0.25) is 5.91 Å². The number of carbonyl (C=O) groups is 1. The molecule has 1 amide bonds. The number of hydrogen-bond acceptors (Lipinski definition) is 2. The fourth-order valence-corrected chi connectivity index (χ4v) is 3.04. The van der Waals surface area contributed by atoms with Crippen LogP contribution >= 0.6 is 0 Å². The molecule has 0 aromatic heterocycles. The van der Waals surface area contributed by atoms with Gasteiger partial charge in [-0.1, -0.05) is 69.9 Å². The number of benzene rings is 1. The molecule has 116 valence electrons. The van der Waals surface area contributed by atoms with E-state index in [2.05, 4.69) is 24.1 Å². The molecular formula is C18H28N2O. The Bertz CT molecular complexity index is 432. The van der Waals surface area contributed by atoms with Crippen LogP contribution in [0.15, 0.2) is 30.3 Å². The molecule has 2 atom stereocenters. The summed E-state index contributed by atoms with van der Waals surface area (Å²) in [6.45, 7) is 5.28. The predicted molar refractivity (Wildman–Crippen MR) is 86.9 cm³/mol. The van der Waals surface area contributed by atoms with E-state index in [1.807, 2.05) is 30.3 Å². The van der Waals surface area contributed by atoms with Crippen LogP contribution < -0.4 is 5.32 Å². The average Bonchev–Trinajstić information content (AvgIpc) is 2.82. The lowest BCUT2D eigenvalue weighted by atomic mass is 10.1. The van der Waals surface area contributed by atoms with E-state index >= 15 is 0 Å². The van der Waals surface area contributed by atoms with Crippen molar-refractivity contribution in [3.05, 3.63) is 35.9 Å². The molecule has 3 heteroatoms. The van der Waals surface area contributed by atoms with Gasteiger partial charge in [-0.25, -0.2) is 0 Å². The lowest BCUT2D eigenvalue weighted by Gasteiger charge is -2.23. The van der Waals surface area contributed by atoms with Crippen molar-refractivity contribution in [3.63, 3.8) is 0 Å². The Hall–Kier alpha value is -1.35. The van der Waals surface area contributed by atoms with Crippen LogP contribution in [-0.2, 0) is 4.79 Å². The minimum atomic E-state index is -0.158. The Labute approximate surface area is 128 Å². The van der Waals surface area contributed by atoms with Crippen LogP contribution in [0, 0.1) is 0 Å². The number of nitrogens with zero attached hydrogens (tertiary/aromatic N) is 1. The molecule has 0 saturated carbocycles. The van der Waals surface area contributed by atoms with Gasteiger partial charge in [-0.3, -0.25) is 10.1 Å². The minimum absolute atomic E-state index is 0.158. The van der Waals surface area contributed by atoms with Gasteiger partial charge in [0, 0.05) is 6.54 Å². The van der Waals surface area contributed by atoms with Gasteiger partial charge in [0.15, 0.2) is 0 Å². The highest BCUT2D eigenvalue weighted by Crippen LogP contribution is 2.26. The number of amides is 1. The topological polar surface area (TPSA) is 32.3 Å². The summed E-state index contributed by atoms with van der Waals surface area (Å²) in [5.74, 6) is 0.246. The molecule has 2 unspecified atom stereocenters. The van der Waals surface area contributed by atoms with Crippen LogP contribution in [0.2, 0.25) is 0 Å². The van der Waals surface area contributed by atoms with Crippen molar-refractivity contribution < 1.29 is 4.79 Å². The molecule has 1 heterocycles. The van der Waals surface area contributed by atoms with Crippen LogP contribution in [0.1, 0.15) is 64.0 Å². The maximum absolute atomic E-state index is 12.7. The quantitative estimate of drug-likeness (QED) is 0.737. The van der Waals surface area contributed by atoms with Gasteiger partial charge in [0.05, 0.1) is 6.17 Å². The van der Waals surface area contributed by atoms with Crippen molar-refractivity contribution in [1.29, 1.82) is 0 Å². The van der Waals surface area contributed by atoms with Crippen LogP contribution in [0.5, 0.6) is 0 Å². The second-order valence-electron chi connectivity index (χ2n) is 5.91. The van der Waals surface area contributed by atoms with Crippen LogP contribution in [0.25, 0.3) is 0 Å². The number of nitrogens with one attached hydrogen (secondary N) is 1. The lowest BCUT2D eigenvalue weighted by molar-refractivity contribution is -0.130. The molecule has 0 spiro atoms. The van der Waals surface area contributed by atoms with Crippen molar-refractivity contribution in [3.8, 4) is 0 Å². The Kier molecular flexibility index (Phi) is 6.24. The van der Waals surface area contributed by atoms with E-state index in [9.17, 15) is 4.79 Å². The lowest BCUT2D eigenvalue weighted by Crippen LogP contribution is -2.37. The van der Waals surface area contributed by atoms with Gasteiger partial charge in [0.25, 0.3) is 0 Å². The summed E-state index contributed by atoms with van der Waals surface area (Å²) in [5.41, 5.74) is 1.08. The van der Waals surface area contributed by atoms with Gasteiger partial charge >= 0.3 is 0 Å². The van der Waals surface area contributed by atoms with Crippen LogP contribution in [-0.4, -0.2) is 23.5 Å². The van der Waals surface area contributed by atoms with E-state index in [0.29, 0.717) is 0 Å². The molecule has 1 fully saturated rings. The smallest absolute Gasteiger partial charge is 0.245 e. The third kappa shape index (κ3) is 4.07. The Morgan fingerprint density at radius 1 is 1.05 bits per heavy atom. The molecule has 21 heavy (non-hydrogen) atoms. The molecule has 0 radical (unpaired) electrons. The molecule has 1 aliphatic heterocycles. The molecular weight excluding hydrogens is 260 g/mol. The Balaban J connectivity index is 2.02. The molecule has 1 aliphatic rings. The molecule has 0 aliphatic carbocycles. The molecule has 3 nitrogen and oxygen atoms in total. The monoisotopic (exact) mass is 288 g/mol. The number of carbonyl (C=O) groups excluding carboxylic acids is 1.